The molecule has 0 atom stereocenters. The first-order chi connectivity index (χ1) is 10.7. The Hall–Kier alpha value is -2.77. The standard InChI is InChI=1S/C19H19NO2/c1-20(2)19(21)22-15-7-6-8-16-11-13-18(14-12-16)17-9-4-3-5-10-17/h3-5,7-14H,15H2,1-2H3. The van der Waals surface area contributed by atoms with E-state index in [2.05, 4.69) is 30.0 Å². The van der Waals surface area contributed by atoms with E-state index in [4.69, 9.17) is 4.74 Å². The Morgan fingerprint density at radius 2 is 1.68 bits per heavy atom. The topological polar surface area (TPSA) is 29.5 Å². The van der Waals surface area contributed by atoms with Crippen LogP contribution in [0.2, 0.25) is 0 Å². The number of nitrogens with zero attached hydrogens (tertiary/aromatic N) is 1. The molecule has 1 amide bonds. The van der Waals surface area contributed by atoms with Crippen LogP contribution in [-0.2, 0) is 4.74 Å². The van der Waals surface area contributed by atoms with Gasteiger partial charge in [0.25, 0.3) is 0 Å². The van der Waals surface area contributed by atoms with Crippen LogP contribution in [-0.4, -0.2) is 31.7 Å². The van der Waals surface area contributed by atoms with E-state index < -0.39 is 0 Å². The van der Waals surface area contributed by atoms with Crippen molar-refractivity contribution in [2.75, 3.05) is 20.7 Å². The first kappa shape index (κ1) is 15.6. The lowest BCUT2D eigenvalue weighted by Crippen LogP contribution is -2.22. The van der Waals surface area contributed by atoms with Crippen molar-refractivity contribution < 1.29 is 9.53 Å². The fourth-order valence-electron chi connectivity index (χ4n) is 1.85. The molecule has 0 radical (unpaired) electrons. The lowest BCUT2D eigenvalue weighted by molar-refractivity contribution is 0.129. The van der Waals surface area contributed by atoms with Gasteiger partial charge in [-0.25, -0.2) is 4.79 Å². The first-order valence-corrected chi connectivity index (χ1v) is 7.07. The quantitative estimate of drug-likeness (QED) is 0.790. The predicted octanol–water partition coefficient (Wildman–Crippen LogP) is 4.22. The van der Waals surface area contributed by atoms with Crippen molar-refractivity contribution >= 4 is 12.2 Å². The summed E-state index contributed by atoms with van der Waals surface area (Å²) in [5.74, 6) is 0. The molecule has 3 heteroatoms. The molecule has 0 spiro atoms. The lowest BCUT2D eigenvalue weighted by atomic mass is 10.0. The highest BCUT2D eigenvalue weighted by molar-refractivity contribution is 5.67. The number of benzene rings is 2. The monoisotopic (exact) mass is 293 g/mol. The van der Waals surface area contributed by atoms with E-state index in [1.54, 1.807) is 20.2 Å². The van der Waals surface area contributed by atoms with Crippen LogP contribution in [0.5, 0.6) is 0 Å². The summed E-state index contributed by atoms with van der Waals surface area (Å²) in [6, 6.07) is 18.5. The highest BCUT2D eigenvalue weighted by atomic mass is 16.5. The Morgan fingerprint density at radius 1 is 1.05 bits per heavy atom. The van der Waals surface area contributed by atoms with Gasteiger partial charge in [0.2, 0.25) is 0 Å². The Morgan fingerprint density at radius 3 is 2.32 bits per heavy atom. The van der Waals surface area contributed by atoms with Gasteiger partial charge in [-0.15, -0.1) is 5.73 Å². The Labute approximate surface area is 131 Å². The molecular formula is C19H19NO2. The van der Waals surface area contributed by atoms with Crippen molar-refractivity contribution in [3.8, 4) is 11.1 Å². The fraction of sp³-hybridized carbons (Fsp3) is 0.158. The third-order valence-corrected chi connectivity index (χ3v) is 3.04. The molecule has 2 rings (SSSR count). The molecule has 0 aliphatic carbocycles. The minimum absolute atomic E-state index is 0.218. The zero-order valence-electron chi connectivity index (χ0n) is 12.8. The summed E-state index contributed by atoms with van der Waals surface area (Å²) >= 11 is 0. The Bertz CT molecular complexity index is 666. The van der Waals surface area contributed by atoms with Gasteiger partial charge in [-0.05, 0) is 28.8 Å². The molecule has 0 N–H and O–H groups in total. The Kier molecular flexibility index (Phi) is 5.58. The average Bonchev–Trinajstić information content (AvgIpc) is 2.55. The van der Waals surface area contributed by atoms with Gasteiger partial charge < -0.3 is 9.64 Å². The second-order valence-electron chi connectivity index (χ2n) is 4.97. The summed E-state index contributed by atoms with van der Waals surface area (Å²) < 4.78 is 4.97. The summed E-state index contributed by atoms with van der Waals surface area (Å²) in [5, 5.41) is 0. The molecule has 0 saturated heterocycles. The van der Waals surface area contributed by atoms with E-state index >= 15 is 0 Å². The van der Waals surface area contributed by atoms with Crippen LogP contribution < -0.4 is 0 Å². The highest BCUT2D eigenvalue weighted by Gasteiger charge is 2.01. The van der Waals surface area contributed by atoms with E-state index in [-0.39, 0.29) is 12.7 Å². The van der Waals surface area contributed by atoms with Crippen LogP contribution in [0.1, 0.15) is 5.56 Å². The van der Waals surface area contributed by atoms with Crippen molar-refractivity contribution in [2.45, 2.75) is 0 Å². The van der Waals surface area contributed by atoms with Crippen molar-refractivity contribution in [3.63, 3.8) is 0 Å². The summed E-state index contributed by atoms with van der Waals surface area (Å²) in [4.78, 5) is 12.6. The summed E-state index contributed by atoms with van der Waals surface area (Å²) in [7, 11) is 3.30. The van der Waals surface area contributed by atoms with Gasteiger partial charge in [-0.3, -0.25) is 0 Å². The number of ether oxygens (including phenoxy) is 1. The molecule has 22 heavy (non-hydrogen) atoms. The number of rotatable bonds is 4. The normalized spacial score (nSPS) is 9.55. The molecular weight excluding hydrogens is 274 g/mol. The number of amides is 1. The van der Waals surface area contributed by atoms with Crippen molar-refractivity contribution in [1.29, 1.82) is 0 Å². The molecule has 0 aliphatic heterocycles. The second-order valence-corrected chi connectivity index (χ2v) is 4.97. The second kappa shape index (κ2) is 7.87. The fourth-order valence-corrected chi connectivity index (χ4v) is 1.85. The molecule has 0 aromatic heterocycles. The van der Waals surface area contributed by atoms with E-state index in [0.717, 1.165) is 5.56 Å². The average molecular weight is 293 g/mol. The van der Waals surface area contributed by atoms with E-state index in [0.29, 0.717) is 0 Å². The molecule has 0 heterocycles. The van der Waals surface area contributed by atoms with Crippen LogP contribution in [0.4, 0.5) is 4.79 Å². The van der Waals surface area contributed by atoms with Crippen LogP contribution in [0.3, 0.4) is 0 Å². The highest BCUT2D eigenvalue weighted by Crippen LogP contribution is 2.19. The molecule has 2 aromatic carbocycles. The maximum absolute atomic E-state index is 11.2. The van der Waals surface area contributed by atoms with E-state index in [9.17, 15) is 4.79 Å². The minimum atomic E-state index is -0.356. The molecule has 112 valence electrons. The van der Waals surface area contributed by atoms with Gasteiger partial charge in [0, 0.05) is 14.1 Å². The zero-order chi connectivity index (χ0) is 15.8. The predicted molar refractivity (Wildman–Crippen MR) is 89.5 cm³/mol. The first-order valence-electron chi connectivity index (χ1n) is 7.07. The molecule has 2 aromatic rings. The zero-order valence-corrected chi connectivity index (χ0v) is 12.8. The molecule has 0 aliphatic rings. The van der Waals surface area contributed by atoms with Gasteiger partial charge in [0.15, 0.2) is 0 Å². The third kappa shape index (κ3) is 4.65. The molecule has 0 fully saturated rings. The van der Waals surface area contributed by atoms with E-state index in [1.807, 2.05) is 36.4 Å². The van der Waals surface area contributed by atoms with Gasteiger partial charge >= 0.3 is 6.09 Å². The molecule has 3 nitrogen and oxygen atoms in total. The minimum Gasteiger partial charge on any atom is -0.445 e. The molecule has 0 unspecified atom stereocenters. The number of hydrogen-bond acceptors (Lipinski definition) is 2. The largest absolute Gasteiger partial charge is 0.445 e. The van der Waals surface area contributed by atoms with Crippen LogP contribution in [0, 0.1) is 0 Å². The van der Waals surface area contributed by atoms with Crippen molar-refractivity contribution in [3.05, 3.63) is 72.0 Å². The maximum atomic E-state index is 11.2. The smallest absolute Gasteiger partial charge is 0.409 e. The van der Waals surface area contributed by atoms with Gasteiger partial charge in [-0.1, -0.05) is 54.6 Å². The van der Waals surface area contributed by atoms with Crippen LogP contribution in [0.25, 0.3) is 17.2 Å². The van der Waals surface area contributed by atoms with Crippen molar-refractivity contribution in [2.24, 2.45) is 0 Å². The summed E-state index contributed by atoms with van der Waals surface area (Å²) in [6.45, 7) is 0.218. The lowest BCUT2D eigenvalue weighted by Gasteiger charge is -2.08. The molecule has 0 saturated carbocycles. The van der Waals surface area contributed by atoms with Gasteiger partial charge in [0.1, 0.15) is 6.61 Å². The third-order valence-electron chi connectivity index (χ3n) is 3.04. The number of hydrogen-bond donors (Lipinski definition) is 0. The number of carbonyl (C=O) groups is 1. The van der Waals surface area contributed by atoms with E-state index in [1.165, 1.54) is 16.0 Å². The number of carbonyl (C=O) groups excluding carboxylic acids is 1. The van der Waals surface area contributed by atoms with Gasteiger partial charge in [0.05, 0.1) is 0 Å². The van der Waals surface area contributed by atoms with Crippen LogP contribution in [0.15, 0.2) is 66.4 Å². The van der Waals surface area contributed by atoms with Crippen molar-refractivity contribution in [1.82, 2.24) is 4.90 Å². The SMILES string of the molecule is CN(C)C(=O)OCC=C=Cc1ccc(-c2ccccc2)cc1. The summed E-state index contributed by atoms with van der Waals surface area (Å²) in [5.41, 5.74) is 6.44. The van der Waals surface area contributed by atoms with Crippen LogP contribution >= 0.6 is 0 Å². The summed E-state index contributed by atoms with van der Waals surface area (Å²) in [6.07, 6.45) is 3.19. The van der Waals surface area contributed by atoms with Gasteiger partial charge in [-0.2, -0.15) is 0 Å². The Balaban J connectivity index is 1.94. The molecule has 0 bridgehead atoms. The maximum Gasteiger partial charge on any atom is 0.409 e.